The Morgan fingerprint density at radius 3 is 1.41 bits per heavy atom. The number of hydrogen-bond donors (Lipinski definition) is 22. The summed E-state index contributed by atoms with van der Waals surface area (Å²) < 4.78 is 82.5. The van der Waals surface area contributed by atoms with Gasteiger partial charge in [-0.1, -0.05) is 6.92 Å². The molecular weight excluding hydrogens is 1280 g/mol. The third-order valence-corrected chi connectivity index (χ3v) is 17.5. The number of nitrogens with one attached hydrogen (secondary N) is 3. The van der Waals surface area contributed by atoms with Crippen LogP contribution in [0.4, 0.5) is 0 Å². The van der Waals surface area contributed by atoms with Crippen LogP contribution < -0.4 is 16.0 Å². The zero-order chi connectivity index (χ0) is 69.7. The number of aliphatic carboxylic acids is 1. The Labute approximate surface area is 537 Å². The lowest BCUT2D eigenvalue weighted by molar-refractivity contribution is -0.403. The molecule has 94 heavy (non-hydrogen) atoms. The number of carbonyl (C=O) groups is 3. The molecule has 0 aromatic rings. The highest BCUT2D eigenvalue weighted by Crippen LogP contribution is 2.42. The third kappa shape index (κ3) is 17.3. The van der Waals surface area contributed by atoms with E-state index in [0.29, 0.717) is 0 Å². The third-order valence-electron chi connectivity index (χ3n) is 17.5. The Kier molecular flexibility index (Phi) is 28.0. The van der Waals surface area contributed by atoms with Crippen LogP contribution in [0.15, 0.2) is 0 Å². The minimum atomic E-state index is -3.06. The van der Waals surface area contributed by atoms with Crippen molar-refractivity contribution in [2.75, 3.05) is 53.3 Å². The number of ether oxygens (including phenoxy) is 14. The van der Waals surface area contributed by atoms with Gasteiger partial charge in [-0.3, -0.25) is 9.59 Å². The van der Waals surface area contributed by atoms with E-state index >= 15 is 0 Å². The second-order valence-electron chi connectivity index (χ2n) is 25.2. The molecular formula is C55H95N3O36. The summed E-state index contributed by atoms with van der Waals surface area (Å²) in [5, 5.41) is 219. The van der Waals surface area contributed by atoms with Crippen LogP contribution in [0.2, 0.25) is 0 Å². The van der Waals surface area contributed by atoms with Crippen LogP contribution in [-0.2, 0) is 80.7 Å². The lowest BCUT2D eigenvalue weighted by atomic mass is 9.86. The van der Waals surface area contributed by atoms with Gasteiger partial charge in [0.05, 0.1) is 70.1 Å². The molecule has 14 unspecified atom stereocenters. The molecule has 7 heterocycles. The minimum absolute atomic E-state index is 0.0105. The maximum atomic E-state index is 13.3. The van der Waals surface area contributed by atoms with Crippen LogP contribution in [0, 0.1) is 5.92 Å². The number of β-amino-alcohol motifs (C(OH)–C–C–N with tert-alkyl or cyclic N) is 1. The van der Waals surface area contributed by atoms with Crippen molar-refractivity contribution in [1.29, 1.82) is 0 Å². The molecule has 0 bridgehead atoms. The lowest BCUT2D eigenvalue weighted by Gasteiger charge is -2.52. The summed E-state index contributed by atoms with van der Waals surface area (Å²) in [6, 6.07) is -3.28. The van der Waals surface area contributed by atoms with Gasteiger partial charge in [0.25, 0.3) is 5.79 Å². The Bertz CT molecular complexity index is 2390. The largest absolute Gasteiger partial charge is 0.477 e. The van der Waals surface area contributed by atoms with Crippen molar-refractivity contribution in [3.63, 3.8) is 0 Å². The van der Waals surface area contributed by atoms with Gasteiger partial charge in [-0.05, 0) is 27.2 Å². The molecule has 39 nitrogen and oxygen atoms in total. The Morgan fingerprint density at radius 2 is 0.904 bits per heavy atom. The summed E-state index contributed by atoms with van der Waals surface area (Å²) in [5.41, 5.74) is -0.625. The molecule has 0 radical (unpaired) electrons. The number of carboxylic acid groups (broad SMARTS) is 1. The van der Waals surface area contributed by atoms with Crippen LogP contribution in [0.25, 0.3) is 0 Å². The minimum Gasteiger partial charge on any atom is -0.477 e. The fourth-order valence-corrected chi connectivity index (χ4v) is 12.5. The van der Waals surface area contributed by atoms with E-state index in [0.717, 1.165) is 21.0 Å². The molecule has 0 spiro atoms. The smallest absolute Gasteiger partial charge is 0.364 e. The van der Waals surface area contributed by atoms with E-state index in [9.17, 15) is 111 Å². The van der Waals surface area contributed by atoms with Crippen molar-refractivity contribution in [1.82, 2.24) is 16.0 Å². The number of carbonyl (C=O) groups excluding carboxylic acids is 2. The van der Waals surface area contributed by atoms with Gasteiger partial charge in [0.2, 0.25) is 11.8 Å². The molecule has 39 heteroatoms. The van der Waals surface area contributed by atoms with Crippen LogP contribution >= 0.6 is 0 Å². The van der Waals surface area contributed by atoms with Crippen molar-refractivity contribution in [3.8, 4) is 0 Å². The van der Waals surface area contributed by atoms with Crippen molar-refractivity contribution in [2.45, 2.75) is 268 Å². The molecule has 7 saturated heterocycles. The average molecular weight is 1370 g/mol. The highest BCUT2D eigenvalue weighted by atomic mass is 16.8. The molecule has 2 amide bonds. The summed E-state index contributed by atoms with van der Waals surface area (Å²) >= 11 is 0. The van der Waals surface area contributed by atoms with E-state index in [2.05, 4.69) is 16.0 Å². The summed E-state index contributed by atoms with van der Waals surface area (Å²) in [7, 11) is 1.13. The molecule has 0 aromatic heterocycles. The molecule has 0 saturated carbocycles. The number of carboxylic acids is 1. The Morgan fingerprint density at radius 1 is 0.489 bits per heavy atom. The first kappa shape index (κ1) is 78.4. The SMILES string of the molecule is CC[C@@H]1C(CO)O[C@H](O[C@H]2C(CO)O[C@@H](O[C@@H]3C(CO)O[C@@H](OC)C(O)[C@H]3O)C(O)[C@H]2O[C@@H]2OC(CO)[C@@H](O)[C@H](O)C2O)C(O)[C@H]1O[C@@H]1OC(CO)[C@@H](O[C@@H]2OC(CO)[C@H](O)[C@H](O[C@@]3(C(=O)O)C[C@@H](O)[C@H](NC(C)=O)C(C(O)CNC(C)(C)C)O3)C2O)[C@H](O)C1NC(C)=O. The zero-order valence-electron chi connectivity index (χ0n) is 52.4. The van der Waals surface area contributed by atoms with Gasteiger partial charge in [0.1, 0.15) is 134 Å². The number of aliphatic hydroxyl groups excluding tert-OH is 18. The average Bonchev–Trinajstić information content (AvgIpc) is 0.764. The first-order valence-electron chi connectivity index (χ1n) is 30.7. The van der Waals surface area contributed by atoms with Gasteiger partial charge >= 0.3 is 5.97 Å². The molecule has 546 valence electrons. The molecule has 7 aliphatic heterocycles. The van der Waals surface area contributed by atoms with E-state index in [4.69, 9.17) is 66.3 Å². The van der Waals surface area contributed by atoms with Gasteiger partial charge in [-0.15, -0.1) is 0 Å². The molecule has 7 fully saturated rings. The normalized spacial score (nSPS) is 46.8. The van der Waals surface area contributed by atoms with Crippen molar-refractivity contribution in [3.05, 3.63) is 0 Å². The van der Waals surface area contributed by atoms with E-state index in [1.807, 2.05) is 0 Å². The summed E-state index contributed by atoms with van der Waals surface area (Å²) in [6.07, 6.45) is -60.7. The zero-order valence-corrected chi connectivity index (χ0v) is 52.4. The number of methoxy groups -OCH3 is 1. The number of aliphatic hydroxyl groups is 18. The first-order valence-corrected chi connectivity index (χ1v) is 30.7. The first-order chi connectivity index (χ1) is 44.3. The molecule has 0 aromatic carbocycles. The second-order valence-corrected chi connectivity index (χ2v) is 25.2. The topological polar surface area (TPSA) is 601 Å². The highest BCUT2D eigenvalue weighted by Gasteiger charge is 2.62. The van der Waals surface area contributed by atoms with Crippen LogP contribution in [-0.4, -0.2) is 382 Å². The number of hydrogen-bond acceptors (Lipinski definition) is 36. The van der Waals surface area contributed by atoms with E-state index < -0.39 is 284 Å². The maximum absolute atomic E-state index is 13.3. The summed E-state index contributed by atoms with van der Waals surface area (Å²) in [5.74, 6) is -7.70. The predicted molar refractivity (Wildman–Crippen MR) is 299 cm³/mol. The second kappa shape index (κ2) is 33.5. The monoisotopic (exact) mass is 1370 g/mol. The molecule has 7 rings (SSSR count). The van der Waals surface area contributed by atoms with Crippen LogP contribution in [0.3, 0.4) is 0 Å². The van der Waals surface area contributed by atoms with Crippen molar-refractivity contribution < 1.29 is 178 Å². The van der Waals surface area contributed by atoms with E-state index in [1.165, 1.54) is 0 Å². The molecule has 7 aliphatic rings. The van der Waals surface area contributed by atoms with Crippen LogP contribution in [0.5, 0.6) is 0 Å². The number of amides is 2. The molecule has 0 aliphatic carbocycles. The number of rotatable bonds is 26. The van der Waals surface area contributed by atoms with E-state index in [1.54, 1.807) is 27.7 Å². The Balaban J connectivity index is 1.16. The quantitative estimate of drug-likeness (QED) is 0.0382. The lowest BCUT2D eigenvalue weighted by Crippen LogP contribution is -2.71. The fourth-order valence-electron chi connectivity index (χ4n) is 12.5. The van der Waals surface area contributed by atoms with Gasteiger partial charge in [-0.25, -0.2) is 4.79 Å². The van der Waals surface area contributed by atoms with Gasteiger partial charge in [0.15, 0.2) is 37.7 Å². The van der Waals surface area contributed by atoms with Crippen molar-refractivity contribution >= 4 is 17.8 Å². The van der Waals surface area contributed by atoms with Gasteiger partial charge in [0, 0.05) is 45.4 Å². The molecule has 35 atom stereocenters. The van der Waals surface area contributed by atoms with Crippen LogP contribution in [0.1, 0.15) is 54.4 Å². The van der Waals surface area contributed by atoms with Gasteiger partial charge < -0.3 is 179 Å². The summed E-state index contributed by atoms with van der Waals surface area (Å²) in [6.45, 7) is 2.63. The standard InChI is InChI=1S/C55H95N3O36/c1-8-19-22(11-59)82-50(91-44-27(16-64)87-52(90-43-26(15-63)86-48(81-7)36(75)34(43)73)39(78)46(44)92-49-35(74)33(72)30(69)23(12-60)83-49)37(76)40(19)88-47-29(58-18(3)66)32(71)42(25(14-62)85-47)89-51-38(77)45(31(70)24(13-61)84-51)94-55(53(79)80)9-20(67)28(57-17(2)65)41(93-55)21(68)10-56-54(4,5)6/h19-52,56,59-64,67-78H,8-16H2,1-7H3,(H,57,65)(H,58,66)(H,79,80)/t19-,20-,21?,22?,23?,24?,25?,26?,27?,28+,29?,30-,31+,32-,33+,34-,35?,36?,37?,38?,39?,40+,41?,42-,43-,44+,45+,46-,47+,48-,49+,50-,51+,52+,55-/m1/s1. The van der Waals surface area contributed by atoms with Gasteiger partial charge in [-0.2, -0.15) is 0 Å². The van der Waals surface area contributed by atoms with E-state index in [-0.39, 0.29) is 13.0 Å². The summed E-state index contributed by atoms with van der Waals surface area (Å²) in [4.78, 5) is 38.6. The maximum Gasteiger partial charge on any atom is 0.364 e. The Hall–Kier alpha value is -2.91. The van der Waals surface area contributed by atoms with Crippen molar-refractivity contribution in [2.24, 2.45) is 5.92 Å². The molecule has 22 N–H and O–H groups in total. The predicted octanol–water partition coefficient (Wildman–Crippen LogP) is -12.4. The highest BCUT2D eigenvalue weighted by molar-refractivity contribution is 5.76. The fraction of sp³-hybridized carbons (Fsp3) is 0.945.